The quantitative estimate of drug-likeness (QED) is 0.400. The lowest BCUT2D eigenvalue weighted by Crippen LogP contribution is -2.43. The zero-order chi connectivity index (χ0) is 26.1. The highest BCUT2D eigenvalue weighted by atomic mass is 16.6. The zero-order valence-corrected chi connectivity index (χ0v) is 20.5. The van der Waals surface area contributed by atoms with Crippen molar-refractivity contribution >= 4 is 29.0 Å². The fourth-order valence-corrected chi connectivity index (χ4v) is 4.61. The molecule has 13 nitrogen and oxygen atoms in total. The predicted molar refractivity (Wildman–Crippen MR) is 136 cm³/mol. The molecule has 2 aromatic heterocycles. The summed E-state index contributed by atoms with van der Waals surface area (Å²) in [6, 6.07) is 0.0901. The molecule has 0 bridgehead atoms. The Morgan fingerprint density at radius 1 is 1.21 bits per heavy atom. The summed E-state index contributed by atoms with van der Waals surface area (Å²) < 4.78 is 12.2. The van der Waals surface area contributed by atoms with Gasteiger partial charge in [0.2, 0.25) is 5.82 Å². The number of amides is 2. The highest BCUT2D eigenvalue weighted by molar-refractivity contribution is 5.83. The van der Waals surface area contributed by atoms with E-state index in [0.717, 1.165) is 25.7 Å². The molecule has 38 heavy (non-hydrogen) atoms. The summed E-state index contributed by atoms with van der Waals surface area (Å²) in [5.41, 5.74) is 6.67. The number of rotatable bonds is 5. The number of carbonyl (C=O) groups is 2. The number of nitrogen functional groups attached to an aromatic ring is 1. The van der Waals surface area contributed by atoms with Gasteiger partial charge in [-0.25, -0.2) is 19.7 Å². The molecule has 206 valence electrons. The molecule has 2 aromatic rings. The number of nitrogens with zero attached hydrogens (tertiary/aromatic N) is 5. The van der Waals surface area contributed by atoms with E-state index in [0.29, 0.717) is 37.6 Å². The summed E-state index contributed by atoms with van der Waals surface area (Å²) in [5, 5.41) is 23.9. The monoisotopic (exact) mass is 529 g/mol. The van der Waals surface area contributed by atoms with Gasteiger partial charge in [-0.05, 0) is 44.4 Å². The fourth-order valence-electron chi connectivity index (χ4n) is 4.61. The third-order valence-corrected chi connectivity index (χ3v) is 6.87. The van der Waals surface area contributed by atoms with Crippen LogP contribution in [-0.2, 0) is 14.3 Å². The van der Waals surface area contributed by atoms with E-state index >= 15 is 0 Å². The van der Waals surface area contributed by atoms with Crippen molar-refractivity contribution < 1.29 is 29.3 Å². The number of likely N-dealkylation sites (tertiary alicyclic amines) is 1. The number of hydrogen-bond acceptors (Lipinski definition) is 10. The molecule has 3 fully saturated rings. The van der Waals surface area contributed by atoms with E-state index < -0.39 is 30.4 Å². The summed E-state index contributed by atoms with van der Waals surface area (Å²) in [4.78, 5) is 38.9. The van der Waals surface area contributed by atoms with E-state index in [-0.39, 0.29) is 36.9 Å². The molecule has 0 radical (unpaired) electrons. The first-order chi connectivity index (χ1) is 17.9. The maximum absolute atomic E-state index is 12.4. The lowest BCUT2D eigenvalue weighted by Gasteiger charge is -2.30. The summed E-state index contributed by atoms with van der Waals surface area (Å²) in [6.07, 6.45) is 0.0689. The second-order valence-corrected chi connectivity index (χ2v) is 9.60. The van der Waals surface area contributed by atoms with Crippen molar-refractivity contribution in [2.75, 3.05) is 25.4 Å². The Morgan fingerprint density at radius 3 is 2.63 bits per heavy atom. The molecule has 3 aliphatic rings. The molecule has 2 aliphatic heterocycles. The van der Waals surface area contributed by atoms with Crippen LogP contribution in [0.4, 0.5) is 10.6 Å². The van der Waals surface area contributed by atoms with Crippen molar-refractivity contribution in [2.24, 2.45) is 5.92 Å². The Balaban J connectivity index is 0.00000336. The first-order valence-electron chi connectivity index (χ1n) is 12.6. The van der Waals surface area contributed by atoms with Crippen molar-refractivity contribution in [1.29, 1.82) is 0 Å². The molecule has 1 unspecified atom stereocenters. The number of aromatic nitrogens is 4. The van der Waals surface area contributed by atoms with Gasteiger partial charge in [-0.1, -0.05) is 13.3 Å². The largest absolute Gasteiger partial charge is 0.450 e. The molecule has 0 aromatic carbocycles. The van der Waals surface area contributed by atoms with Gasteiger partial charge in [0.05, 0.1) is 12.9 Å². The molecular weight excluding hydrogens is 494 g/mol. The van der Waals surface area contributed by atoms with Crippen molar-refractivity contribution in [2.45, 2.75) is 77.0 Å². The molecule has 2 amide bonds. The number of carbonyl (C=O) groups excluding carboxylic acids is 2. The lowest BCUT2D eigenvalue weighted by atomic mass is 9.94. The number of fused-ring (bicyclic) bond motifs is 1. The van der Waals surface area contributed by atoms with Gasteiger partial charge in [-0.15, -0.1) is 0 Å². The van der Waals surface area contributed by atoms with Gasteiger partial charge in [0.1, 0.15) is 17.7 Å². The Bertz CT molecular complexity index is 1230. The smallest absolute Gasteiger partial charge is 0.409 e. The number of ether oxygens (including phenoxy) is 2. The number of nitrogens with one attached hydrogen (secondary N) is 1. The van der Waals surface area contributed by atoms with E-state index in [1.54, 1.807) is 11.8 Å². The Kier molecular flexibility index (Phi) is 8.35. The molecule has 5 rings (SSSR count). The van der Waals surface area contributed by atoms with Crippen molar-refractivity contribution in [3.8, 4) is 11.8 Å². The SMILES string of the molecule is C.CCOC(=O)N1CCC(CC#Cc2nc(N)c3ncn([C@@H]4O[C@H](C(=O)NC5CC5)C(O)[C@@H]4O)c3n2)CC1. The lowest BCUT2D eigenvalue weighted by molar-refractivity contribution is -0.137. The van der Waals surface area contributed by atoms with Crippen LogP contribution in [-0.4, -0.2) is 90.7 Å². The van der Waals surface area contributed by atoms with Gasteiger partial charge in [-0.2, -0.15) is 0 Å². The van der Waals surface area contributed by atoms with E-state index in [9.17, 15) is 19.8 Å². The second-order valence-electron chi connectivity index (χ2n) is 9.60. The number of imidazole rings is 1. The normalized spacial score (nSPS) is 25.4. The molecule has 1 saturated carbocycles. The van der Waals surface area contributed by atoms with E-state index in [1.807, 2.05) is 0 Å². The van der Waals surface area contributed by atoms with E-state index in [1.165, 1.54) is 10.9 Å². The van der Waals surface area contributed by atoms with Crippen LogP contribution >= 0.6 is 0 Å². The van der Waals surface area contributed by atoms with Crippen molar-refractivity contribution in [1.82, 2.24) is 29.7 Å². The third-order valence-electron chi connectivity index (χ3n) is 6.87. The highest BCUT2D eigenvalue weighted by Crippen LogP contribution is 2.33. The maximum Gasteiger partial charge on any atom is 0.409 e. The molecule has 5 N–H and O–H groups in total. The topological polar surface area (TPSA) is 178 Å². The van der Waals surface area contributed by atoms with Crippen molar-refractivity contribution in [3.63, 3.8) is 0 Å². The zero-order valence-electron chi connectivity index (χ0n) is 20.5. The van der Waals surface area contributed by atoms with Crippen LogP contribution in [0.1, 0.15) is 58.5 Å². The molecule has 0 spiro atoms. The number of nitrogens with two attached hydrogens (primary N) is 1. The van der Waals surface area contributed by atoms with Gasteiger partial charge in [-0.3, -0.25) is 9.36 Å². The van der Waals surface area contributed by atoms with Gasteiger partial charge in [0.25, 0.3) is 5.91 Å². The number of anilines is 1. The molecular formula is C25H35N7O6. The minimum Gasteiger partial charge on any atom is -0.450 e. The molecule has 4 atom stereocenters. The summed E-state index contributed by atoms with van der Waals surface area (Å²) in [6.45, 7) is 3.42. The first kappa shape index (κ1) is 27.6. The van der Waals surface area contributed by atoms with Crippen LogP contribution in [0, 0.1) is 17.8 Å². The number of aliphatic hydroxyl groups excluding tert-OH is 2. The van der Waals surface area contributed by atoms with Crippen LogP contribution in [0.15, 0.2) is 6.33 Å². The second kappa shape index (κ2) is 11.5. The highest BCUT2D eigenvalue weighted by Gasteiger charge is 2.48. The summed E-state index contributed by atoms with van der Waals surface area (Å²) in [5.74, 6) is 6.24. The van der Waals surface area contributed by atoms with Crippen LogP contribution in [0.5, 0.6) is 0 Å². The van der Waals surface area contributed by atoms with Gasteiger partial charge in [0.15, 0.2) is 23.8 Å². The van der Waals surface area contributed by atoms with Gasteiger partial charge < -0.3 is 35.6 Å². The predicted octanol–water partition coefficient (Wildman–Crippen LogP) is 0.553. The van der Waals surface area contributed by atoms with Crippen LogP contribution in [0.25, 0.3) is 11.2 Å². The number of hydrogen-bond donors (Lipinski definition) is 4. The Morgan fingerprint density at radius 2 is 1.95 bits per heavy atom. The Hall–Kier alpha value is -3.47. The Labute approximate surface area is 220 Å². The van der Waals surface area contributed by atoms with Gasteiger partial charge in [0, 0.05) is 25.6 Å². The van der Waals surface area contributed by atoms with Crippen LogP contribution in [0.2, 0.25) is 0 Å². The maximum atomic E-state index is 12.4. The third kappa shape index (κ3) is 5.67. The molecule has 13 heteroatoms. The molecule has 4 heterocycles. The minimum atomic E-state index is -1.41. The van der Waals surface area contributed by atoms with Gasteiger partial charge >= 0.3 is 6.09 Å². The minimum absolute atomic E-state index is 0. The molecule has 1 aliphatic carbocycles. The van der Waals surface area contributed by atoms with E-state index in [2.05, 4.69) is 32.1 Å². The summed E-state index contributed by atoms with van der Waals surface area (Å²) in [7, 11) is 0. The average Bonchev–Trinajstić information content (AvgIpc) is 3.52. The van der Waals surface area contributed by atoms with Crippen LogP contribution in [0.3, 0.4) is 0 Å². The fraction of sp³-hybridized carbons (Fsp3) is 0.640. The number of aliphatic hydroxyl groups is 2. The molecule has 2 saturated heterocycles. The van der Waals surface area contributed by atoms with Crippen molar-refractivity contribution in [3.05, 3.63) is 12.2 Å². The first-order valence-corrected chi connectivity index (χ1v) is 12.6. The standard InChI is InChI=1S/C24H31N7O6.CH4/c1-2-36-24(35)30-10-8-13(9-11-30)4-3-5-15-28-20(25)16-21(29-15)31(12-26-16)23-18(33)17(32)19(37-23)22(34)27-14-6-7-14;/h12-14,17-19,23,32-33H,2,4,6-11H2,1H3,(H,27,34)(H2,25,28,29);1H4/t17?,18-,19-,23+;/m0./s1. The average molecular weight is 530 g/mol. The number of piperidine rings is 1. The van der Waals surface area contributed by atoms with Crippen LogP contribution < -0.4 is 11.1 Å². The van der Waals surface area contributed by atoms with E-state index in [4.69, 9.17) is 15.2 Å². The summed E-state index contributed by atoms with van der Waals surface area (Å²) >= 11 is 0.